The summed E-state index contributed by atoms with van der Waals surface area (Å²) < 4.78 is 5.13. The zero-order valence-corrected chi connectivity index (χ0v) is 13.0. The van der Waals surface area contributed by atoms with Gasteiger partial charge in [0.15, 0.2) is 5.75 Å². The maximum Gasteiger partial charge on any atom is 0.317 e. The third-order valence-corrected chi connectivity index (χ3v) is 4.52. The van der Waals surface area contributed by atoms with Crippen molar-refractivity contribution in [2.24, 2.45) is 0 Å². The molecule has 0 atom stereocenters. The Kier molecular flexibility index (Phi) is 4.22. The van der Waals surface area contributed by atoms with E-state index >= 15 is 0 Å². The second-order valence-electron chi connectivity index (χ2n) is 5.76. The van der Waals surface area contributed by atoms with Crippen molar-refractivity contribution in [3.05, 3.63) is 28.3 Å². The Morgan fingerprint density at radius 1 is 1.30 bits per heavy atom. The molecule has 2 saturated heterocycles. The lowest BCUT2D eigenvalue weighted by Gasteiger charge is -2.37. The number of ether oxygens (including phenoxy) is 1. The predicted molar refractivity (Wildman–Crippen MR) is 85.0 cm³/mol. The molecule has 2 fully saturated rings. The van der Waals surface area contributed by atoms with Gasteiger partial charge in [-0.2, -0.15) is 0 Å². The van der Waals surface area contributed by atoms with Gasteiger partial charge in [-0.3, -0.25) is 10.1 Å². The van der Waals surface area contributed by atoms with Gasteiger partial charge in [0, 0.05) is 50.0 Å². The van der Waals surface area contributed by atoms with Gasteiger partial charge in [-0.15, -0.1) is 0 Å². The number of urea groups is 1. The molecule has 3 rings (SSSR count). The van der Waals surface area contributed by atoms with E-state index in [1.165, 1.54) is 13.2 Å². The van der Waals surface area contributed by atoms with Gasteiger partial charge in [0.2, 0.25) is 0 Å². The van der Waals surface area contributed by atoms with Crippen LogP contribution in [0.2, 0.25) is 0 Å². The smallest absolute Gasteiger partial charge is 0.317 e. The number of rotatable bonds is 4. The van der Waals surface area contributed by atoms with E-state index in [-0.39, 0.29) is 23.5 Å². The molecule has 0 bridgehead atoms. The highest BCUT2D eigenvalue weighted by Crippen LogP contribution is 2.32. The molecule has 1 aromatic rings. The highest BCUT2D eigenvalue weighted by atomic mass is 16.6. The number of piperidine rings is 1. The molecule has 1 N–H and O–H groups in total. The molecular weight excluding hydrogens is 300 g/mol. The number of hydrogen-bond donors (Lipinski definition) is 1. The normalized spacial score (nSPS) is 18.9. The fraction of sp³-hybridized carbons (Fsp3) is 0.533. The molecule has 2 aliphatic heterocycles. The van der Waals surface area contributed by atoms with Crippen LogP contribution in [0.4, 0.5) is 16.2 Å². The Labute approximate surface area is 134 Å². The maximum atomic E-state index is 11.7. The first-order chi connectivity index (χ1) is 11.1. The van der Waals surface area contributed by atoms with Crippen molar-refractivity contribution in [2.75, 3.05) is 38.2 Å². The topological polar surface area (TPSA) is 88.0 Å². The Morgan fingerprint density at radius 2 is 2.04 bits per heavy atom. The molecule has 0 spiro atoms. The number of nitro benzene ring substituents is 1. The van der Waals surface area contributed by atoms with E-state index in [0.29, 0.717) is 0 Å². The van der Waals surface area contributed by atoms with Crippen LogP contribution in [-0.2, 0) is 0 Å². The first-order valence-electron chi connectivity index (χ1n) is 7.72. The minimum absolute atomic E-state index is 0.0279. The van der Waals surface area contributed by atoms with Gasteiger partial charge in [-0.25, -0.2) is 4.79 Å². The van der Waals surface area contributed by atoms with Crippen LogP contribution in [-0.4, -0.2) is 55.2 Å². The van der Waals surface area contributed by atoms with Gasteiger partial charge in [0.1, 0.15) is 0 Å². The van der Waals surface area contributed by atoms with Crippen LogP contribution in [0.5, 0.6) is 5.75 Å². The van der Waals surface area contributed by atoms with Crippen LogP contribution < -0.4 is 15.0 Å². The number of nitrogens with one attached hydrogen (secondary N) is 1. The molecule has 1 aromatic carbocycles. The van der Waals surface area contributed by atoms with Crippen LogP contribution in [0.1, 0.15) is 12.8 Å². The molecule has 0 aromatic heterocycles. The van der Waals surface area contributed by atoms with Crippen LogP contribution in [0.25, 0.3) is 0 Å². The molecule has 2 aliphatic rings. The molecule has 8 heteroatoms. The SMILES string of the molecule is COc1cc(N2CCC(N3CCNC3=O)CC2)ccc1[N+](=O)[O-]. The van der Waals surface area contributed by atoms with E-state index in [0.717, 1.165) is 44.7 Å². The molecule has 23 heavy (non-hydrogen) atoms. The largest absolute Gasteiger partial charge is 0.490 e. The van der Waals surface area contributed by atoms with E-state index in [1.807, 2.05) is 4.90 Å². The number of benzene rings is 1. The predicted octanol–water partition coefficient (Wildman–Crippen LogP) is 1.60. The molecule has 2 amide bonds. The van der Waals surface area contributed by atoms with Gasteiger partial charge < -0.3 is 19.9 Å². The van der Waals surface area contributed by atoms with E-state index in [1.54, 1.807) is 12.1 Å². The molecule has 2 heterocycles. The second-order valence-corrected chi connectivity index (χ2v) is 5.76. The third kappa shape index (κ3) is 3.01. The summed E-state index contributed by atoms with van der Waals surface area (Å²) in [6.07, 6.45) is 1.79. The summed E-state index contributed by atoms with van der Waals surface area (Å²) in [6, 6.07) is 5.24. The van der Waals surface area contributed by atoms with Gasteiger partial charge in [-0.1, -0.05) is 0 Å². The minimum Gasteiger partial charge on any atom is -0.490 e. The molecule has 0 unspecified atom stereocenters. The summed E-state index contributed by atoms with van der Waals surface area (Å²) in [7, 11) is 1.43. The number of nitrogens with zero attached hydrogens (tertiary/aromatic N) is 3. The monoisotopic (exact) mass is 320 g/mol. The van der Waals surface area contributed by atoms with Gasteiger partial charge >= 0.3 is 11.7 Å². The van der Waals surface area contributed by atoms with Crippen molar-refractivity contribution in [1.82, 2.24) is 10.2 Å². The van der Waals surface area contributed by atoms with Gasteiger partial charge in [0.25, 0.3) is 0 Å². The number of carbonyl (C=O) groups excluding carboxylic acids is 1. The van der Waals surface area contributed by atoms with E-state index in [9.17, 15) is 14.9 Å². The quantitative estimate of drug-likeness (QED) is 0.672. The summed E-state index contributed by atoms with van der Waals surface area (Å²) >= 11 is 0. The molecule has 8 nitrogen and oxygen atoms in total. The van der Waals surface area contributed by atoms with Crippen LogP contribution in [0.15, 0.2) is 18.2 Å². The zero-order chi connectivity index (χ0) is 16.4. The van der Waals surface area contributed by atoms with E-state index in [4.69, 9.17) is 4.74 Å². The Morgan fingerprint density at radius 3 is 2.61 bits per heavy atom. The lowest BCUT2D eigenvalue weighted by molar-refractivity contribution is -0.385. The third-order valence-electron chi connectivity index (χ3n) is 4.52. The number of methoxy groups -OCH3 is 1. The van der Waals surface area contributed by atoms with Crippen molar-refractivity contribution in [2.45, 2.75) is 18.9 Å². The van der Waals surface area contributed by atoms with Gasteiger partial charge in [0.05, 0.1) is 12.0 Å². The highest BCUT2D eigenvalue weighted by molar-refractivity contribution is 5.76. The van der Waals surface area contributed by atoms with Crippen molar-refractivity contribution < 1.29 is 14.5 Å². The molecular formula is C15H20N4O4. The van der Waals surface area contributed by atoms with Crippen molar-refractivity contribution in [3.63, 3.8) is 0 Å². The Bertz CT molecular complexity index is 613. The fourth-order valence-electron chi connectivity index (χ4n) is 3.28. The molecule has 0 saturated carbocycles. The van der Waals surface area contributed by atoms with Crippen LogP contribution in [0.3, 0.4) is 0 Å². The summed E-state index contributed by atoms with van der Waals surface area (Å²) in [5, 5.41) is 13.8. The first-order valence-corrected chi connectivity index (χ1v) is 7.72. The molecule has 0 radical (unpaired) electrons. The average molecular weight is 320 g/mol. The Hall–Kier alpha value is -2.51. The fourth-order valence-corrected chi connectivity index (χ4v) is 3.28. The first kappa shape index (κ1) is 15.4. The maximum absolute atomic E-state index is 11.7. The lowest BCUT2D eigenvalue weighted by Crippen LogP contribution is -2.46. The summed E-state index contributed by atoms with van der Waals surface area (Å²) in [5.41, 5.74) is 0.886. The van der Waals surface area contributed by atoms with Crippen LogP contribution >= 0.6 is 0 Å². The van der Waals surface area contributed by atoms with E-state index < -0.39 is 4.92 Å². The Balaban J connectivity index is 1.67. The standard InChI is InChI=1S/C15H20N4O4/c1-23-14-10-12(2-3-13(14)19(21)22)17-7-4-11(5-8-17)18-9-6-16-15(18)20/h2-3,10-11H,4-9H2,1H3,(H,16,20). The number of anilines is 1. The number of carbonyl (C=O) groups is 1. The summed E-state index contributed by atoms with van der Waals surface area (Å²) in [4.78, 5) is 26.3. The average Bonchev–Trinajstić information content (AvgIpc) is 3.00. The molecule has 124 valence electrons. The zero-order valence-electron chi connectivity index (χ0n) is 13.0. The number of nitro groups is 1. The minimum atomic E-state index is -0.444. The number of hydrogen-bond acceptors (Lipinski definition) is 5. The molecule has 0 aliphatic carbocycles. The van der Waals surface area contributed by atoms with E-state index in [2.05, 4.69) is 10.2 Å². The number of amides is 2. The van der Waals surface area contributed by atoms with Crippen molar-refractivity contribution >= 4 is 17.4 Å². The highest BCUT2D eigenvalue weighted by Gasteiger charge is 2.31. The van der Waals surface area contributed by atoms with Crippen molar-refractivity contribution in [1.29, 1.82) is 0 Å². The van der Waals surface area contributed by atoms with Crippen molar-refractivity contribution in [3.8, 4) is 5.75 Å². The summed E-state index contributed by atoms with van der Waals surface area (Å²) in [5.74, 6) is 0.272. The van der Waals surface area contributed by atoms with Gasteiger partial charge in [-0.05, 0) is 18.9 Å². The summed E-state index contributed by atoms with van der Waals surface area (Å²) in [6.45, 7) is 3.12. The second kappa shape index (κ2) is 6.31. The van der Waals surface area contributed by atoms with Crippen LogP contribution in [0, 0.1) is 10.1 Å². The lowest BCUT2D eigenvalue weighted by atomic mass is 10.0.